The van der Waals surface area contributed by atoms with Gasteiger partial charge in [0.1, 0.15) is 17.7 Å². The molecule has 2 aliphatic heterocycles. The number of rotatable bonds is 2. The molecule has 1 unspecified atom stereocenters. The molecule has 1 saturated heterocycles. The monoisotopic (exact) mass is 252 g/mol. The molecule has 1 fully saturated rings. The summed E-state index contributed by atoms with van der Waals surface area (Å²) in [5.74, 6) is 0.333. The highest BCUT2D eigenvalue weighted by Gasteiger charge is 2.25. The van der Waals surface area contributed by atoms with E-state index in [0.717, 1.165) is 31.7 Å². The minimum absolute atomic E-state index is 0.0285. The van der Waals surface area contributed by atoms with Crippen molar-refractivity contribution in [2.75, 3.05) is 37.7 Å². The summed E-state index contributed by atoms with van der Waals surface area (Å²) in [6.07, 6.45) is 0.434. The fourth-order valence-corrected chi connectivity index (χ4v) is 2.57. The van der Waals surface area contributed by atoms with Crippen molar-refractivity contribution in [3.63, 3.8) is 0 Å². The van der Waals surface area contributed by atoms with Gasteiger partial charge in [-0.1, -0.05) is 0 Å². The molecule has 0 spiro atoms. The van der Waals surface area contributed by atoms with Crippen molar-refractivity contribution in [1.29, 1.82) is 0 Å². The number of fused-ring (bicyclic) bond motifs is 1. The number of piperazine rings is 1. The second kappa shape index (κ2) is 4.74. The third kappa shape index (κ3) is 2.04. The third-order valence-electron chi connectivity index (χ3n) is 3.53. The molecule has 2 aliphatic rings. The van der Waals surface area contributed by atoms with Crippen LogP contribution in [0.2, 0.25) is 0 Å². The molecule has 18 heavy (non-hydrogen) atoms. The number of hydrogen-bond acceptors (Lipinski definition) is 4. The summed E-state index contributed by atoms with van der Waals surface area (Å²) in [5.41, 5.74) is 1.64. The zero-order chi connectivity index (χ0) is 12.5. The van der Waals surface area contributed by atoms with Gasteiger partial charge in [0, 0.05) is 44.2 Å². The van der Waals surface area contributed by atoms with Gasteiger partial charge in [0.2, 0.25) is 0 Å². The number of nitrogens with zero attached hydrogens (tertiary/aromatic N) is 1. The van der Waals surface area contributed by atoms with E-state index in [0.29, 0.717) is 17.9 Å². The Kier molecular flexibility index (Phi) is 3.09. The van der Waals surface area contributed by atoms with E-state index in [4.69, 9.17) is 9.84 Å². The lowest BCUT2D eigenvalue weighted by Gasteiger charge is -2.30. The predicted molar refractivity (Wildman–Crippen MR) is 66.7 cm³/mol. The van der Waals surface area contributed by atoms with E-state index >= 15 is 0 Å². The lowest BCUT2D eigenvalue weighted by Crippen LogP contribution is -2.43. The smallest absolute Gasteiger partial charge is 0.150 e. The Labute approximate surface area is 105 Å². The summed E-state index contributed by atoms with van der Waals surface area (Å²) in [4.78, 5) is 2.05. The lowest BCUT2D eigenvalue weighted by molar-refractivity contribution is 0.134. The van der Waals surface area contributed by atoms with Crippen LogP contribution in [0.5, 0.6) is 5.75 Å². The maximum atomic E-state index is 14.1. The fourth-order valence-electron chi connectivity index (χ4n) is 2.57. The Balaban J connectivity index is 1.88. The number of nitrogens with one attached hydrogen (secondary N) is 1. The molecule has 2 heterocycles. The molecular weight excluding hydrogens is 235 g/mol. The highest BCUT2D eigenvalue weighted by atomic mass is 19.1. The predicted octanol–water partition coefficient (Wildman–Crippen LogP) is 0.531. The van der Waals surface area contributed by atoms with Crippen LogP contribution >= 0.6 is 0 Å². The zero-order valence-corrected chi connectivity index (χ0v) is 10.2. The number of anilines is 1. The molecule has 0 bridgehead atoms. The van der Waals surface area contributed by atoms with Crippen molar-refractivity contribution in [1.82, 2.24) is 5.32 Å². The molecule has 98 valence electrons. The minimum atomic E-state index is -0.241. The zero-order valence-electron chi connectivity index (χ0n) is 10.2. The van der Waals surface area contributed by atoms with Gasteiger partial charge in [-0.05, 0) is 6.07 Å². The molecule has 5 heteroatoms. The molecule has 2 N–H and O–H groups in total. The summed E-state index contributed by atoms with van der Waals surface area (Å²) in [6.45, 7) is 3.37. The number of halogens is 1. The van der Waals surface area contributed by atoms with Crippen LogP contribution in [-0.2, 0) is 6.42 Å². The summed E-state index contributed by atoms with van der Waals surface area (Å²) in [7, 11) is 0. The van der Waals surface area contributed by atoms with Crippen LogP contribution < -0.4 is 15.0 Å². The number of aliphatic hydroxyl groups excluding tert-OH is 1. The quantitative estimate of drug-likeness (QED) is 0.806. The van der Waals surface area contributed by atoms with Gasteiger partial charge in [-0.2, -0.15) is 0 Å². The fraction of sp³-hybridized carbons (Fsp3) is 0.538. The van der Waals surface area contributed by atoms with E-state index in [1.54, 1.807) is 0 Å². The molecule has 4 nitrogen and oxygen atoms in total. The Hall–Kier alpha value is -1.33. The Morgan fingerprint density at radius 3 is 2.89 bits per heavy atom. The van der Waals surface area contributed by atoms with Crippen LogP contribution in [0.3, 0.4) is 0 Å². The first-order valence-corrected chi connectivity index (χ1v) is 6.33. The summed E-state index contributed by atoms with van der Waals surface area (Å²) < 4.78 is 19.5. The van der Waals surface area contributed by atoms with Gasteiger partial charge in [-0.25, -0.2) is 4.39 Å². The molecule has 0 amide bonds. The maximum absolute atomic E-state index is 14.1. The van der Waals surface area contributed by atoms with Gasteiger partial charge >= 0.3 is 0 Å². The first kappa shape index (κ1) is 11.7. The molecular formula is C13H17FN2O2. The highest BCUT2D eigenvalue weighted by Crippen LogP contribution is 2.34. The van der Waals surface area contributed by atoms with Crippen LogP contribution in [0.15, 0.2) is 12.1 Å². The molecule has 1 aromatic rings. The van der Waals surface area contributed by atoms with Gasteiger partial charge in [0.05, 0.1) is 12.3 Å². The van der Waals surface area contributed by atoms with Gasteiger partial charge in [-0.3, -0.25) is 0 Å². The molecule has 0 radical (unpaired) electrons. The molecule has 0 aromatic heterocycles. The van der Waals surface area contributed by atoms with Crippen molar-refractivity contribution >= 4 is 5.69 Å². The maximum Gasteiger partial charge on any atom is 0.150 e. The first-order chi connectivity index (χ1) is 8.78. The number of benzene rings is 1. The van der Waals surface area contributed by atoms with Crippen molar-refractivity contribution in [3.05, 3.63) is 23.5 Å². The van der Waals surface area contributed by atoms with E-state index in [1.807, 2.05) is 6.07 Å². The Morgan fingerprint density at radius 1 is 1.39 bits per heavy atom. The number of ether oxygens (including phenoxy) is 1. The summed E-state index contributed by atoms with van der Waals surface area (Å²) >= 11 is 0. The minimum Gasteiger partial charge on any atom is -0.487 e. The Bertz CT molecular complexity index is 447. The molecule has 1 atom stereocenters. The van der Waals surface area contributed by atoms with E-state index in [-0.39, 0.29) is 18.5 Å². The van der Waals surface area contributed by atoms with E-state index < -0.39 is 0 Å². The summed E-state index contributed by atoms with van der Waals surface area (Å²) in [6, 6.07) is 3.31. The SMILES string of the molecule is OCC1Cc2cc(N3CCNCC3)c(F)cc2O1. The topological polar surface area (TPSA) is 44.7 Å². The second-order valence-electron chi connectivity index (χ2n) is 4.77. The van der Waals surface area contributed by atoms with Gasteiger partial charge in [0.15, 0.2) is 0 Å². The van der Waals surface area contributed by atoms with Gasteiger partial charge < -0.3 is 20.1 Å². The average molecular weight is 252 g/mol. The second-order valence-corrected chi connectivity index (χ2v) is 4.77. The molecule has 1 aromatic carbocycles. The van der Waals surface area contributed by atoms with Crippen LogP contribution in [0, 0.1) is 5.82 Å². The van der Waals surface area contributed by atoms with Crippen molar-refractivity contribution < 1.29 is 14.2 Å². The van der Waals surface area contributed by atoms with Crippen molar-refractivity contribution in [3.8, 4) is 5.75 Å². The first-order valence-electron chi connectivity index (χ1n) is 6.33. The molecule has 3 rings (SSSR count). The Morgan fingerprint density at radius 2 is 2.17 bits per heavy atom. The summed E-state index contributed by atoms with van der Waals surface area (Å²) in [5, 5.41) is 12.3. The number of hydrogen-bond donors (Lipinski definition) is 2. The largest absolute Gasteiger partial charge is 0.487 e. The standard InChI is InChI=1S/C13H17FN2O2/c14-11-7-13-9(5-10(8-17)18-13)6-12(11)16-3-1-15-2-4-16/h6-7,10,15,17H,1-5,8H2. The normalized spacial score (nSPS) is 22.8. The van der Waals surface area contributed by atoms with E-state index in [1.165, 1.54) is 6.07 Å². The van der Waals surface area contributed by atoms with Crippen LogP contribution in [-0.4, -0.2) is 44.0 Å². The van der Waals surface area contributed by atoms with Crippen LogP contribution in [0.25, 0.3) is 0 Å². The van der Waals surface area contributed by atoms with Gasteiger partial charge in [0.25, 0.3) is 0 Å². The van der Waals surface area contributed by atoms with E-state index in [2.05, 4.69) is 10.2 Å². The third-order valence-corrected chi connectivity index (χ3v) is 3.53. The highest BCUT2D eigenvalue weighted by molar-refractivity contribution is 5.56. The van der Waals surface area contributed by atoms with Crippen LogP contribution in [0.1, 0.15) is 5.56 Å². The van der Waals surface area contributed by atoms with Crippen LogP contribution in [0.4, 0.5) is 10.1 Å². The lowest BCUT2D eigenvalue weighted by atomic mass is 10.1. The molecule has 0 aliphatic carbocycles. The number of aliphatic hydroxyl groups is 1. The van der Waals surface area contributed by atoms with Crippen molar-refractivity contribution in [2.24, 2.45) is 0 Å². The molecule has 0 saturated carbocycles. The van der Waals surface area contributed by atoms with E-state index in [9.17, 15) is 4.39 Å². The van der Waals surface area contributed by atoms with Gasteiger partial charge in [-0.15, -0.1) is 0 Å². The average Bonchev–Trinajstić information content (AvgIpc) is 2.80. The van der Waals surface area contributed by atoms with Crippen molar-refractivity contribution in [2.45, 2.75) is 12.5 Å².